The van der Waals surface area contributed by atoms with Crippen LogP contribution in [-0.2, 0) is 11.7 Å². The summed E-state index contributed by atoms with van der Waals surface area (Å²) in [6.07, 6.45) is -0.679. The summed E-state index contributed by atoms with van der Waals surface area (Å²) in [4.78, 5) is 0. The number of aromatic hydroxyl groups is 1. The molecule has 0 bridgehead atoms. The molecule has 0 aromatic heterocycles. The van der Waals surface area contributed by atoms with Crippen molar-refractivity contribution in [2.24, 2.45) is 5.73 Å². The molecule has 18 heavy (non-hydrogen) atoms. The van der Waals surface area contributed by atoms with E-state index < -0.39 is 17.3 Å². The second kappa shape index (κ2) is 4.46. The lowest BCUT2D eigenvalue weighted by Gasteiger charge is -2.35. The molecule has 2 rings (SSSR count). The van der Waals surface area contributed by atoms with Crippen LogP contribution in [0.5, 0.6) is 5.75 Å². The molecule has 0 radical (unpaired) electrons. The zero-order valence-electron chi connectivity index (χ0n) is 9.93. The maximum absolute atomic E-state index is 13.0. The Morgan fingerprint density at radius 2 is 1.72 bits per heavy atom. The van der Waals surface area contributed by atoms with Gasteiger partial charge in [0.1, 0.15) is 5.75 Å². The zero-order chi connectivity index (χ0) is 13.4. The Morgan fingerprint density at radius 1 is 1.11 bits per heavy atom. The first kappa shape index (κ1) is 13.2. The molecule has 0 spiro atoms. The molecule has 2 nitrogen and oxygen atoms in total. The Balaban J connectivity index is 2.49. The van der Waals surface area contributed by atoms with Crippen LogP contribution in [0.3, 0.4) is 0 Å². The smallest absolute Gasteiger partial charge is 0.416 e. The second-order valence-corrected chi connectivity index (χ2v) is 4.94. The number of alkyl halides is 3. The molecule has 1 aromatic rings. The fourth-order valence-corrected chi connectivity index (χ4v) is 2.65. The van der Waals surface area contributed by atoms with Gasteiger partial charge in [0.25, 0.3) is 0 Å². The van der Waals surface area contributed by atoms with Crippen LogP contribution in [0.25, 0.3) is 0 Å². The standard InChI is InChI=1S/C13H16F3NO/c14-13(15,16)11-8-9(18)4-5-10(11)12(17)6-2-1-3-7-12/h4-5,8,18H,1-3,6-7,17H2. The molecule has 0 amide bonds. The molecule has 3 N–H and O–H groups in total. The SMILES string of the molecule is NC1(c2ccc(O)cc2C(F)(F)F)CCCCC1. The Labute approximate surface area is 104 Å². The van der Waals surface area contributed by atoms with E-state index in [1.807, 2.05) is 0 Å². The lowest BCUT2D eigenvalue weighted by atomic mass is 9.75. The van der Waals surface area contributed by atoms with Crippen molar-refractivity contribution in [1.82, 2.24) is 0 Å². The van der Waals surface area contributed by atoms with Gasteiger partial charge in [-0.3, -0.25) is 0 Å². The van der Waals surface area contributed by atoms with E-state index in [1.165, 1.54) is 12.1 Å². The fraction of sp³-hybridized carbons (Fsp3) is 0.538. The molecule has 100 valence electrons. The Morgan fingerprint density at radius 3 is 2.28 bits per heavy atom. The first-order valence-corrected chi connectivity index (χ1v) is 6.02. The van der Waals surface area contributed by atoms with Crippen LogP contribution in [0.1, 0.15) is 43.2 Å². The van der Waals surface area contributed by atoms with E-state index in [9.17, 15) is 18.3 Å². The number of rotatable bonds is 1. The van der Waals surface area contributed by atoms with Crippen LogP contribution < -0.4 is 5.73 Å². The topological polar surface area (TPSA) is 46.2 Å². The number of benzene rings is 1. The van der Waals surface area contributed by atoms with Crippen LogP contribution in [0.15, 0.2) is 18.2 Å². The van der Waals surface area contributed by atoms with Crippen molar-refractivity contribution < 1.29 is 18.3 Å². The third-order valence-electron chi connectivity index (χ3n) is 3.59. The highest BCUT2D eigenvalue weighted by atomic mass is 19.4. The summed E-state index contributed by atoms with van der Waals surface area (Å²) < 4.78 is 39.0. The van der Waals surface area contributed by atoms with Crippen molar-refractivity contribution in [3.63, 3.8) is 0 Å². The average molecular weight is 259 g/mol. The van der Waals surface area contributed by atoms with Gasteiger partial charge in [0.2, 0.25) is 0 Å². The number of nitrogens with two attached hydrogens (primary N) is 1. The van der Waals surface area contributed by atoms with Gasteiger partial charge in [-0.05, 0) is 30.5 Å². The van der Waals surface area contributed by atoms with Crippen molar-refractivity contribution in [3.05, 3.63) is 29.3 Å². The third kappa shape index (κ3) is 2.46. The Bertz CT molecular complexity index is 436. The van der Waals surface area contributed by atoms with Gasteiger partial charge >= 0.3 is 6.18 Å². The first-order valence-electron chi connectivity index (χ1n) is 6.02. The van der Waals surface area contributed by atoms with Crippen LogP contribution in [0.2, 0.25) is 0 Å². The van der Waals surface area contributed by atoms with Crippen LogP contribution >= 0.6 is 0 Å². The van der Waals surface area contributed by atoms with Gasteiger partial charge in [-0.1, -0.05) is 25.3 Å². The van der Waals surface area contributed by atoms with Gasteiger partial charge in [-0.15, -0.1) is 0 Å². The van der Waals surface area contributed by atoms with Gasteiger partial charge in [0.15, 0.2) is 0 Å². The Kier molecular flexibility index (Phi) is 3.27. The molecule has 0 unspecified atom stereocenters. The number of hydrogen-bond donors (Lipinski definition) is 2. The average Bonchev–Trinajstić information content (AvgIpc) is 2.28. The molecule has 0 saturated heterocycles. The summed E-state index contributed by atoms with van der Waals surface area (Å²) in [6.45, 7) is 0. The highest BCUT2D eigenvalue weighted by molar-refractivity contribution is 5.41. The summed E-state index contributed by atoms with van der Waals surface area (Å²) in [6, 6.07) is 3.34. The van der Waals surface area contributed by atoms with Gasteiger partial charge < -0.3 is 10.8 Å². The largest absolute Gasteiger partial charge is 0.508 e. The predicted molar refractivity (Wildman–Crippen MR) is 62.1 cm³/mol. The van der Waals surface area contributed by atoms with Gasteiger partial charge in [-0.25, -0.2) is 0 Å². The van der Waals surface area contributed by atoms with Gasteiger partial charge in [0, 0.05) is 5.54 Å². The number of phenolic OH excluding ortho intramolecular Hbond substituents is 1. The summed E-state index contributed by atoms with van der Waals surface area (Å²) >= 11 is 0. The van der Waals surface area contributed by atoms with Crippen molar-refractivity contribution in [2.75, 3.05) is 0 Å². The van der Waals surface area contributed by atoms with E-state index in [4.69, 9.17) is 5.73 Å². The fourth-order valence-electron chi connectivity index (χ4n) is 2.65. The molecule has 5 heteroatoms. The highest BCUT2D eigenvalue weighted by Gasteiger charge is 2.40. The minimum Gasteiger partial charge on any atom is -0.508 e. The molecule has 0 aliphatic heterocycles. The summed E-state index contributed by atoms with van der Waals surface area (Å²) in [7, 11) is 0. The first-order chi connectivity index (χ1) is 8.33. The monoisotopic (exact) mass is 259 g/mol. The van der Waals surface area contributed by atoms with Crippen molar-refractivity contribution in [2.45, 2.75) is 43.8 Å². The minimum absolute atomic E-state index is 0.104. The highest BCUT2D eigenvalue weighted by Crippen LogP contribution is 2.42. The molecule has 0 atom stereocenters. The predicted octanol–water partition coefficient (Wildman–Crippen LogP) is 3.53. The minimum atomic E-state index is -4.49. The van der Waals surface area contributed by atoms with E-state index in [2.05, 4.69) is 0 Å². The molecule has 1 fully saturated rings. The summed E-state index contributed by atoms with van der Waals surface area (Å²) in [5.74, 6) is -0.384. The number of phenols is 1. The van der Waals surface area contributed by atoms with Gasteiger partial charge in [-0.2, -0.15) is 13.2 Å². The Hall–Kier alpha value is -1.23. The van der Waals surface area contributed by atoms with E-state index >= 15 is 0 Å². The van der Waals surface area contributed by atoms with E-state index in [-0.39, 0.29) is 11.3 Å². The van der Waals surface area contributed by atoms with Crippen molar-refractivity contribution in [1.29, 1.82) is 0 Å². The second-order valence-electron chi connectivity index (χ2n) is 4.94. The molecule has 1 saturated carbocycles. The lowest BCUT2D eigenvalue weighted by molar-refractivity contribution is -0.139. The molecule has 1 aromatic carbocycles. The number of hydrogen-bond acceptors (Lipinski definition) is 2. The van der Waals surface area contributed by atoms with E-state index in [1.54, 1.807) is 0 Å². The van der Waals surface area contributed by atoms with Crippen LogP contribution in [0.4, 0.5) is 13.2 Å². The quantitative estimate of drug-likeness (QED) is 0.810. The zero-order valence-corrected chi connectivity index (χ0v) is 9.93. The maximum Gasteiger partial charge on any atom is 0.416 e. The third-order valence-corrected chi connectivity index (χ3v) is 3.59. The lowest BCUT2D eigenvalue weighted by Crippen LogP contribution is -2.40. The van der Waals surface area contributed by atoms with Crippen LogP contribution in [0, 0.1) is 0 Å². The van der Waals surface area contributed by atoms with Crippen LogP contribution in [-0.4, -0.2) is 5.11 Å². The number of halogens is 3. The maximum atomic E-state index is 13.0. The molecular weight excluding hydrogens is 243 g/mol. The van der Waals surface area contributed by atoms with Gasteiger partial charge in [0.05, 0.1) is 5.56 Å². The molecular formula is C13H16F3NO. The van der Waals surface area contributed by atoms with Crippen molar-refractivity contribution in [3.8, 4) is 5.75 Å². The van der Waals surface area contributed by atoms with E-state index in [0.717, 1.165) is 25.3 Å². The molecule has 1 aliphatic carbocycles. The summed E-state index contributed by atoms with van der Waals surface area (Å²) in [5.41, 5.74) is 4.52. The molecule has 0 heterocycles. The summed E-state index contributed by atoms with van der Waals surface area (Å²) in [5, 5.41) is 9.24. The van der Waals surface area contributed by atoms with E-state index in [0.29, 0.717) is 12.8 Å². The normalized spacial score (nSPS) is 19.8. The van der Waals surface area contributed by atoms with Crippen molar-refractivity contribution >= 4 is 0 Å². The molecule has 1 aliphatic rings.